The van der Waals surface area contributed by atoms with Gasteiger partial charge in [0.15, 0.2) is 5.13 Å². The molecule has 1 atom stereocenters. The number of hydrogen-bond donors (Lipinski definition) is 2. The third kappa shape index (κ3) is 3.95. The van der Waals surface area contributed by atoms with E-state index in [1.54, 1.807) is 11.6 Å². The van der Waals surface area contributed by atoms with E-state index < -0.39 is 10.8 Å². The van der Waals surface area contributed by atoms with E-state index in [1.165, 1.54) is 11.3 Å². The molecule has 1 rings (SSSR count). The van der Waals surface area contributed by atoms with Gasteiger partial charge in [-0.2, -0.15) is 0 Å². The van der Waals surface area contributed by atoms with E-state index in [2.05, 4.69) is 10.3 Å². The second kappa shape index (κ2) is 5.84. The molecule has 1 unspecified atom stereocenters. The molecule has 14 heavy (non-hydrogen) atoms. The van der Waals surface area contributed by atoms with Gasteiger partial charge < -0.3 is 10.4 Å². The van der Waals surface area contributed by atoms with Crippen LogP contribution < -0.4 is 5.32 Å². The second-order valence-corrected chi connectivity index (χ2v) is 4.87. The molecular formula is C7H10N2O3S2. The summed E-state index contributed by atoms with van der Waals surface area (Å²) in [4.78, 5) is 15.0. The van der Waals surface area contributed by atoms with Crippen molar-refractivity contribution in [2.45, 2.75) is 0 Å². The second-order valence-electron chi connectivity index (χ2n) is 2.40. The van der Waals surface area contributed by atoms with Crippen molar-refractivity contribution in [2.75, 3.05) is 23.4 Å². The highest BCUT2D eigenvalue weighted by molar-refractivity contribution is 7.85. The number of amides is 1. The molecule has 1 aromatic rings. The maximum absolute atomic E-state index is 11.2. The zero-order valence-electron chi connectivity index (χ0n) is 7.30. The normalized spacial score (nSPS) is 12.4. The summed E-state index contributed by atoms with van der Waals surface area (Å²) in [6.07, 6.45) is 1.57. The number of rotatable bonds is 5. The first-order chi connectivity index (χ1) is 6.72. The Morgan fingerprint density at radius 1 is 1.71 bits per heavy atom. The fourth-order valence-electron chi connectivity index (χ4n) is 0.761. The Bertz CT molecular complexity index is 313. The number of anilines is 1. The zero-order chi connectivity index (χ0) is 10.4. The van der Waals surface area contributed by atoms with E-state index in [1.807, 2.05) is 0 Å². The molecule has 1 heterocycles. The summed E-state index contributed by atoms with van der Waals surface area (Å²) in [6.45, 7) is -0.170. The highest BCUT2D eigenvalue weighted by atomic mass is 32.2. The topological polar surface area (TPSA) is 79.3 Å². The Hall–Kier alpha value is -0.790. The maximum Gasteiger partial charge on any atom is 0.238 e. The van der Waals surface area contributed by atoms with Crippen LogP contribution in [-0.2, 0) is 15.6 Å². The Balaban J connectivity index is 2.33. The van der Waals surface area contributed by atoms with E-state index >= 15 is 0 Å². The first kappa shape index (κ1) is 11.3. The molecule has 1 amide bonds. The van der Waals surface area contributed by atoms with Crippen LogP contribution in [0.5, 0.6) is 0 Å². The van der Waals surface area contributed by atoms with E-state index in [4.69, 9.17) is 5.11 Å². The lowest BCUT2D eigenvalue weighted by Crippen LogP contribution is -2.21. The molecule has 0 aliphatic carbocycles. The summed E-state index contributed by atoms with van der Waals surface area (Å²) in [5.41, 5.74) is 0. The molecule has 0 aromatic carbocycles. The molecule has 5 nitrogen and oxygen atoms in total. The quantitative estimate of drug-likeness (QED) is 0.741. The molecule has 7 heteroatoms. The third-order valence-corrected chi connectivity index (χ3v) is 3.20. The van der Waals surface area contributed by atoms with Crippen molar-refractivity contribution in [3.63, 3.8) is 0 Å². The SMILES string of the molecule is O=C(CS(=O)CCO)Nc1nccs1. The predicted octanol–water partition coefficient (Wildman–Crippen LogP) is -0.177. The average Bonchev–Trinajstić information content (AvgIpc) is 2.56. The van der Waals surface area contributed by atoms with Crippen LogP contribution in [0.4, 0.5) is 5.13 Å². The third-order valence-electron chi connectivity index (χ3n) is 1.29. The van der Waals surface area contributed by atoms with Crippen molar-refractivity contribution < 1.29 is 14.1 Å². The van der Waals surface area contributed by atoms with E-state index in [0.717, 1.165) is 0 Å². The van der Waals surface area contributed by atoms with Crippen LogP contribution in [-0.4, -0.2) is 38.3 Å². The first-order valence-corrected chi connectivity index (χ1v) is 6.24. The van der Waals surface area contributed by atoms with Gasteiger partial charge in [-0.1, -0.05) is 0 Å². The first-order valence-electron chi connectivity index (χ1n) is 3.87. The molecule has 0 fully saturated rings. The van der Waals surface area contributed by atoms with Crippen molar-refractivity contribution in [2.24, 2.45) is 0 Å². The molecule has 2 N–H and O–H groups in total. The molecule has 0 saturated heterocycles. The Morgan fingerprint density at radius 3 is 3.07 bits per heavy atom. The highest BCUT2D eigenvalue weighted by Gasteiger charge is 2.08. The molecule has 78 valence electrons. The summed E-state index contributed by atoms with van der Waals surface area (Å²) in [5, 5.41) is 13.2. The summed E-state index contributed by atoms with van der Waals surface area (Å²) in [5.74, 6) is -0.308. The van der Waals surface area contributed by atoms with Crippen LogP contribution in [0.1, 0.15) is 0 Å². The molecule has 1 aromatic heterocycles. The number of thiazole rings is 1. The van der Waals surface area contributed by atoms with E-state index in [9.17, 15) is 9.00 Å². The summed E-state index contributed by atoms with van der Waals surface area (Å²) >= 11 is 1.30. The number of aliphatic hydroxyl groups is 1. The number of hydrogen-bond acceptors (Lipinski definition) is 5. The fraction of sp³-hybridized carbons (Fsp3) is 0.429. The number of nitrogens with one attached hydrogen (secondary N) is 1. The minimum atomic E-state index is -1.30. The summed E-state index contributed by atoms with van der Waals surface area (Å²) < 4.78 is 11.1. The molecule has 0 saturated carbocycles. The van der Waals surface area contributed by atoms with Crippen molar-refractivity contribution in [3.05, 3.63) is 11.6 Å². The van der Waals surface area contributed by atoms with Crippen LogP contribution in [0, 0.1) is 0 Å². The van der Waals surface area contributed by atoms with Gasteiger partial charge in [0, 0.05) is 28.1 Å². The number of carbonyl (C=O) groups is 1. The molecule has 0 aliphatic heterocycles. The van der Waals surface area contributed by atoms with Gasteiger partial charge in [0.2, 0.25) is 5.91 Å². The predicted molar refractivity (Wildman–Crippen MR) is 55.7 cm³/mol. The summed E-state index contributed by atoms with van der Waals surface area (Å²) in [7, 11) is -1.30. The lowest BCUT2D eigenvalue weighted by molar-refractivity contribution is -0.113. The smallest absolute Gasteiger partial charge is 0.238 e. The Labute approximate surface area is 87.6 Å². The molecule has 0 radical (unpaired) electrons. The number of aromatic nitrogens is 1. The lowest BCUT2D eigenvalue weighted by atomic mass is 10.7. The van der Waals surface area contributed by atoms with Gasteiger partial charge in [-0.25, -0.2) is 4.98 Å². The monoisotopic (exact) mass is 234 g/mol. The minimum Gasteiger partial charge on any atom is -0.395 e. The van der Waals surface area contributed by atoms with Crippen molar-refractivity contribution >= 4 is 33.2 Å². The Morgan fingerprint density at radius 2 is 2.50 bits per heavy atom. The molecule has 0 aliphatic rings. The molecular weight excluding hydrogens is 224 g/mol. The molecule has 0 bridgehead atoms. The fourth-order valence-corrected chi connectivity index (χ4v) is 2.02. The molecule has 0 spiro atoms. The van der Waals surface area contributed by atoms with Gasteiger partial charge in [-0.3, -0.25) is 9.00 Å². The van der Waals surface area contributed by atoms with Gasteiger partial charge in [0.1, 0.15) is 5.75 Å². The van der Waals surface area contributed by atoms with Crippen molar-refractivity contribution in [1.82, 2.24) is 4.98 Å². The van der Waals surface area contributed by atoms with Crippen molar-refractivity contribution in [1.29, 1.82) is 0 Å². The Kier molecular flexibility index (Phi) is 4.71. The number of carbonyl (C=O) groups excluding carboxylic acids is 1. The maximum atomic E-state index is 11.2. The zero-order valence-corrected chi connectivity index (χ0v) is 8.94. The van der Waals surface area contributed by atoms with Gasteiger partial charge in [0.05, 0.1) is 6.61 Å². The largest absolute Gasteiger partial charge is 0.395 e. The van der Waals surface area contributed by atoms with Gasteiger partial charge in [-0.05, 0) is 0 Å². The number of aliphatic hydroxyl groups excluding tert-OH is 1. The van der Waals surface area contributed by atoms with E-state index in [-0.39, 0.29) is 24.0 Å². The summed E-state index contributed by atoms with van der Waals surface area (Å²) in [6, 6.07) is 0. The van der Waals surface area contributed by atoms with Gasteiger partial charge in [-0.15, -0.1) is 11.3 Å². The van der Waals surface area contributed by atoms with E-state index in [0.29, 0.717) is 5.13 Å². The van der Waals surface area contributed by atoms with Crippen LogP contribution in [0.2, 0.25) is 0 Å². The highest BCUT2D eigenvalue weighted by Crippen LogP contribution is 2.09. The van der Waals surface area contributed by atoms with Crippen LogP contribution in [0.3, 0.4) is 0 Å². The minimum absolute atomic E-state index is 0.0971. The van der Waals surface area contributed by atoms with Crippen LogP contribution >= 0.6 is 11.3 Å². The van der Waals surface area contributed by atoms with Crippen LogP contribution in [0.25, 0.3) is 0 Å². The van der Waals surface area contributed by atoms with Gasteiger partial charge in [0.25, 0.3) is 0 Å². The van der Waals surface area contributed by atoms with Crippen molar-refractivity contribution in [3.8, 4) is 0 Å². The van der Waals surface area contributed by atoms with Crippen LogP contribution in [0.15, 0.2) is 11.6 Å². The average molecular weight is 234 g/mol. The standard InChI is InChI=1S/C7H10N2O3S2/c10-2-4-14(12)5-6(11)9-7-8-1-3-13-7/h1,3,10H,2,4-5H2,(H,8,9,11). The lowest BCUT2D eigenvalue weighted by Gasteiger charge is -2.00. The van der Waals surface area contributed by atoms with Gasteiger partial charge >= 0.3 is 0 Å². The number of nitrogens with zero attached hydrogens (tertiary/aromatic N) is 1.